The van der Waals surface area contributed by atoms with E-state index in [0.29, 0.717) is 12.8 Å². The van der Waals surface area contributed by atoms with E-state index in [9.17, 15) is 14.4 Å². The Balaban J connectivity index is 2.93. The Hall–Kier alpha value is -1.43. The second-order valence-electron chi connectivity index (χ2n) is 7.36. The van der Waals surface area contributed by atoms with Gasteiger partial charge < -0.3 is 15.2 Å². The van der Waals surface area contributed by atoms with Gasteiger partial charge in [0.2, 0.25) is 0 Å². The smallest absolute Gasteiger partial charge is 0.327 e. The number of ether oxygens (including phenoxy) is 2. The molecule has 0 amide bonds. The monoisotopic (exact) mass is 341 g/mol. The minimum Gasteiger partial charge on any atom is -0.457 e. The highest BCUT2D eigenvalue weighted by Crippen LogP contribution is 2.35. The van der Waals surface area contributed by atoms with Crippen molar-refractivity contribution >= 4 is 17.7 Å². The number of hydrogen-bond acceptors (Lipinski definition) is 6. The molecule has 0 aromatic heterocycles. The van der Waals surface area contributed by atoms with Crippen LogP contribution in [-0.2, 0) is 23.9 Å². The maximum Gasteiger partial charge on any atom is 0.327 e. The number of Topliss-reactive ketones (excluding diaryl/α,β-unsaturated/α-hetero) is 1. The molecule has 0 aromatic rings. The van der Waals surface area contributed by atoms with Gasteiger partial charge in [0, 0.05) is 12.8 Å². The molecule has 6 heteroatoms. The Kier molecular flexibility index (Phi) is 7.39. The van der Waals surface area contributed by atoms with E-state index in [1.807, 2.05) is 13.8 Å². The van der Waals surface area contributed by atoms with Crippen LogP contribution in [0.4, 0.5) is 0 Å². The predicted octanol–water partition coefficient (Wildman–Crippen LogP) is 2.37. The molecule has 1 aliphatic rings. The van der Waals surface area contributed by atoms with Crippen molar-refractivity contribution in [2.45, 2.75) is 84.5 Å². The molecular weight excluding hydrogens is 310 g/mol. The fourth-order valence-corrected chi connectivity index (χ4v) is 3.18. The summed E-state index contributed by atoms with van der Waals surface area (Å²) in [6.45, 7) is 8.51. The van der Waals surface area contributed by atoms with Crippen molar-refractivity contribution in [3.63, 3.8) is 0 Å². The lowest BCUT2D eigenvalue weighted by Crippen LogP contribution is -2.57. The number of nitrogens with two attached hydrogens (primary N) is 1. The van der Waals surface area contributed by atoms with Crippen molar-refractivity contribution in [2.75, 3.05) is 0 Å². The van der Waals surface area contributed by atoms with Gasteiger partial charge in [-0.3, -0.25) is 14.4 Å². The standard InChI is InChI=1S/C18H31NO5/c1-11(2)14(21)15(12(3)4)23-17(22)16(19)18(24-13(5)20)9-7-6-8-10-18/h11-12,15-16H,6-10,19H2,1-5H3. The molecule has 0 aromatic carbocycles. The van der Waals surface area contributed by atoms with Crippen molar-refractivity contribution in [1.82, 2.24) is 0 Å². The largest absolute Gasteiger partial charge is 0.457 e. The van der Waals surface area contributed by atoms with E-state index in [1.54, 1.807) is 13.8 Å². The van der Waals surface area contributed by atoms with E-state index in [0.717, 1.165) is 19.3 Å². The maximum atomic E-state index is 12.6. The molecule has 2 N–H and O–H groups in total. The summed E-state index contributed by atoms with van der Waals surface area (Å²) in [5.74, 6) is -1.65. The summed E-state index contributed by atoms with van der Waals surface area (Å²) in [5, 5.41) is 0. The van der Waals surface area contributed by atoms with Crippen LogP contribution in [0.1, 0.15) is 66.7 Å². The number of hydrogen-bond donors (Lipinski definition) is 1. The van der Waals surface area contributed by atoms with Crippen LogP contribution >= 0.6 is 0 Å². The van der Waals surface area contributed by atoms with Gasteiger partial charge in [0.1, 0.15) is 11.6 Å². The SMILES string of the molecule is CC(=O)OC1(C(N)C(=O)OC(C(=O)C(C)C)C(C)C)CCCCC1. The average molecular weight is 341 g/mol. The molecular formula is C18H31NO5. The number of carbonyl (C=O) groups is 3. The van der Waals surface area contributed by atoms with Gasteiger partial charge in [-0.05, 0) is 31.6 Å². The maximum absolute atomic E-state index is 12.6. The normalized spacial score (nSPS) is 19.7. The molecule has 0 bridgehead atoms. The lowest BCUT2D eigenvalue weighted by molar-refractivity contribution is -0.177. The van der Waals surface area contributed by atoms with E-state index < -0.39 is 29.7 Å². The molecule has 0 spiro atoms. The van der Waals surface area contributed by atoms with Crippen LogP contribution in [0.3, 0.4) is 0 Å². The van der Waals surface area contributed by atoms with Crippen LogP contribution in [-0.4, -0.2) is 35.5 Å². The Morgan fingerprint density at radius 1 is 1.00 bits per heavy atom. The fourth-order valence-electron chi connectivity index (χ4n) is 3.18. The van der Waals surface area contributed by atoms with E-state index in [4.69, 9.17) is 15.2 Å². The van der Waals surface area contributed by atoms with Crippen LogP contribution in [0.5, 0.6) is 0 Å². The summed E-state index contributed by atoms with van der Waals surface area (Å²) in [6.07, 6.45) is 2.94. The first-order valence-corrected chi connectivity index (χ1v) is 8.80. The Bertz CT molecular complexity index is 466. The molecule has 0 heterocycles. The zero-order valence-corrected chi connectivity index (χ0v) is 15.5. The first-order valence-electron chi connectivity index (χ1n) is 8.80. The van der Waals surface area contributed by atoms with Gasteiger partial charge in [0.05, 0.1) is 0 Å². The topological polar surface area (TPSA) is 95.7 Å². The molecule has 0 radical (unpaired) electrons. The number of ketones is 1. The van der Waals surface area contributed by atoms with Crippen LogP contribution < -0.4 is 5.73 Å². The second-order valence-corrected chi connectivity index (χ2v) is 7.36. The summed E-state index contributed by atoms with van der Waals surface area (Å²) in [7, 11) is 0. The molecule has 24 heavy (non-hydrogen) atoms. The van der Waals surface area contributed by atoms with Crippen LogP contribution in [0.25, 0.3) is 0 Å². The Morgan fingerprint density at radius 2 is 1.54 bits per heavy atom. The molecule has 0 saturated heterocycles. The van der Waals surface area contributed by atoms with E-state index in [1.165, 1.54) is 6.92 Å². The summed E-state index contributed by atoms with van der Waals surface area (Å²) in [6, 6.07) is -1.08. The van der Waals surface area contributed by atoms with Crippen molar-refractivity contribution in [3.05, 3.63) is 0 Å². The van der Waals surface area contributed by atoms with Gasteiger partial charge in [0.25, 0.3) is 0 Å². The molecule has 1 fully saturated rings. The third-order valence-electron chi connectivity index (χ3n) is 4.57. The number of carbonyl (C=O) groups excluding carboxylic acids is 3. The predicted molar refractivity (Wildman–Crippen MR) is 90.1 cm³/mol. The van der Waals surface area contributed by atoms with Crippen LogP contribution in [0.15, 0.2) is 0 Å². The number of rotatable bonds is 7. The number of esters is 2. The van der Waals surface area contributed by atoms with Gasteiger partial charge in [-0.15, -0.1) is 0 Å². The highest BCUT2D eigenvalue weighted by atomic mass is 16.6. The summed E-state index contributed by atoms with van der Waals surface area (Å²) in [4.78, 5) is 36.3. The van der Waals surface area contributed by atoms with Gasteiger partial charge in [-0.25, -0.2) is 0 Å². The lowest BCUT2D eigenvalue weighted by Gasteiger charge is -2.40. The summed E-state index contributed by atoms with van der Waals surface area (Å²) >= 11 is 0. The molecule has 1 saturated carbocycles. The molecule has 138 valence electrons. The Labute approximate surface area is 144 Å². The van der Waals surface area contributed by atoms with Gasteiger partial charge in [-0.1, -0.05) is 34.1 Å². The first kappa shape index (κ1) is 20.6. The third-order valence-corrected chi connectivity index (χ3v) is 4.57. The molecule has 2 unspecified atom stereocenters. The zero-order valence-electron chi connectivity index (χ0n) is 15.5. The molecule has 1 aliphatic carbocycles. The quantitative estimate of drug-likeness (QED) is 0.714. The van der Waals surface area contributed by atoms with E-state index in [2.05, 4.69) is 0 Å². The van der Waals surface area contributed by atoms with Crippen molar-refractivity contribution in [1.29, 1.82) is 0 Å². The minimum absolute atomic E-state index is 0.129. The molecule has 6 nitrogen and oxygen atoms in total. The van der Waals surface area contributed by atoms with Crippen molar-refractivity contribution < 1.29 is 23.9 Å². The first-order chi connectivity index (χ1) is 11.1. The highest BCUT2D eigenvalue weighted by Gasteiger charge is 2.46. The third kappa shape index (κ3) is 5.03. The second kappa shape index (κ2) is 8.60. The van der Waals surface area contributed by atoms with E-state index >= 15 is 0 Å². The minimum atomic E-state index is -1.08. The van der Waals surface area contributed by atoms with Gasteiger partial charge in [0.15, 0.2) is 11.9 Å². The molecule has 1 rings (SSSR count). The highest BCUT2D eigenvalue weighted by molar-refractivity contribution is 5.88. The van der Waals surface area contributed by atoms with Gasteiger partial charge in [-0.2, -0.15) is 0 Å². The average Bonchev–Trinajstić information content (AvgIpc) is 2.50. The Morgan fingerprint density at radius 3 is 1.96 bits per heavy atom. The summed E-state index contributed by atoms with van der Waals surface area (Å²) < 4.78 is 10.9. The fraction of sp³-hybridized carbons (Fsp3) is 0.833. The summed E-state index contributed by atoms with van der Waals surface area (Å²) in [5.41, 5.74) is 5.11. The van der Waals surface area contributed by atoms with Gasteiger partial charge >= 0.3 is 11.9 Å². The van der Waals surface area contributed by atoms with Crippen molar-refractivity contribution in [2.24, 2.45) is 17.6 Å². The lowest BCUT2D eigenvalue weighted by atomic mass is 9.79. The zero-order chi connectivity index (χ0) is 18.5. The molecule has 2 atom stereocenters. The van der Waals surface area contributed by atoms with Crippen LogP contribution in [0.2, 0.25) is 0 Å². The van der Waals surface area contributed by atoms with Crippen LogP contribution in [0, 0.1) is 11.8 Å². The van der Waals surface area contributed by atoms with E-state index in [-0.39, 0.29) is 17.6 Å². The van der Waals surface area contributed by atoms with Crippen molar-refractivity contribution in [3.8, 4) is 0 Å². The molecule has 0 aliphatic heterocycles.